The predicted molar refractivity (Wildman–Crippen MR) is 60.2 cm³/mol. The van der Waals surface area contributed by atoms with Crippen molar-refractivity contribution in [1.29, 1.82) is 0 Å². The van der Waals surface area contributed by atoms with Gasteiger partial charge in [0.1, 0.15) is 0 Å². The molecule has 1 N–H and O–H groups in total. The molecule has 2 aromatic rings. The highest BCUT2D eigenvalue weighted by Crippen LogP contribution is 2.15. The van der Waals surface area contributed by atoms with Crippen LogP contribution in [0.5, 0.6) is 0 Å². The third-order valence-electron chi connectivity index (χ3n) is 2.25. The molecule has 15 heavy (non-hydrogen) atoms. The first-order valence-electron chi connectivity index (χ1n) is 5.09. The number of nitrogens with zero attached hydrogens (tertiary/aromatic N) is 1. The summed E-state index contributed by atoms with van der Waals surface area (Å²) in [5.74, 6) is 0. The molecule has 3 heteroatoms. The SMILES string of the molecule is CCONCc1ccnc2ccccc12. The van der Waals surface area contributed by atoms with Gasteiger partial charge in [0, 0.05) is 18.1 Å². The fourth-order valence-corrected chi connectivity index (χ4v) is 1.54. The highest BCUT2D eigenvalue weighted by Gasteiger charge is 1.99. The molecule has 0 fully saturated rings. The molecule has 0 radical (unpaired) electrons. The minimum atomic E-state index is 0.670. The number of aromatic nitrogens is 1. The van der Waals surface area contributed by atoms with Crippen molar-refractivity contribution in [3.63, 3.8) is 0 Å². The molecule has 3 nitrogen and oxygen atoms in total. The highest BCUT2D eigenvalue weighted by molar-refractivity contribution is 5.81. The molecule has 1 heterocycles. The van der Waals surface area contributed by atoms with Crippen LogP contribution >= 0.6 is 0 Å². The van der Waals surface area contributed by atoms with Crippen LogP contribution in [-0.2, 0) is 11.4 Å². The maximum Gasteiger partial charge on any atom is 0.0705 e. The topological polar surface area (TPSA) is 34.1 Å². The van der Waals surface area contributed by atoms with Crippen LogP contribution in [0.1, 0.15) is 12.5 Å². The van der Waals surface area contributed by atoms with Gasteiger partial charge in [0.05, 0.1) is 12.1 Å². The predicted octanol–water partition coefficient (Wildman–Crippen LogP) is 2.28. The largest absolute Gasteiger partial charge is 0.302 e. The second kappa shape index (κ2) is 4.87. The van der Waals surface area contributed by atoms with Crippen LogP contribution in [0.4, 0.5) is 0 Å². The van der Waals surface area contributed by atoms with Gasteiger partial charge in [-0.3, -0.25) is 4.98 Å². The number of hydrogen-bond donors (Lipinski definition) is 1. The molecule has 1 aromatic heterocycles. The molecule has 0 amide bonds. The fraction of sp³-hybridized carbons (Fsp3) is 0.250. The maximum atomic E-state index is 5.12. The van der Waals surface area contributed by atoms with Gasteiger partial charge >= 0.3 is 0 Å². The van der Waals surface area contributed by atoms with Gasteiger partial charge in [-0.05, 0) is 24.6 Å². The minimum absolute atomic E-state index is 0.670. The van der Waals surface area contributed by atoms with Crippen molar-refractivity contribution in [1.82, 2.24) is 10.5 Å². The molecular weight excluding hydrogens is 188 g/mol. The zero-order valence-electron chi connectivity index (χ0n) is 8.73. The molecule has 78 valence electrons. The lowest BCUT2D eigenvalue weighted by Gasteiger charge is -2.06. The van der Waals surface area contributed by atoms with Crippen molar-refractivity contribution in [2.75, 3.05) is 6.61 Å². The molecule has 0 unspecified atom stereocenters. The molecule has 1 aromatic carbocycles. The van der Waals surface area contributed by atoms with Crippen molar-refractivity contribution in [3.8, 4) is 0 Å². The number of pyridine rings is 1. The molecule has 0 aliphatic carbocycles. The van der Waals surface area contributed by atoms with E-state index in [1.807, 2.05) is 37.4 Å². The third-order valence-corrected chi connectivity index (χ3v) is 2.25. The lowest BCUT2D eigenvalue weighted by atomic mass is 10.1. The lowest BCUT2D eigenvalue weighted by Crippen LogP contribution is -2.13. The summed E-state index contributed by atoms with van der Waals surface area (Å²) in [6, 6.07) is 10.1. The average molecular weight is 202 g/mol. The van der Waals surface area contributed by atoms with Crippen molar-refractivity contribution >= 4 is 10.9 Å². The summed E-state index contributed by atoms with van der Waals surface area (Å²) in [5, 5.41) is 1.17. The Morgan fingerprint density at radius 2 is 2.13 bits per heavy atom. The van der Waals surface area contributed by atoms with E-state index in [4.69, 9.17) is 4.84 Å². The summed E-state index contributed by atoms with van der Waals surface area (Å²) < 4.78 is 0. The highest BCUT2D eigenvalue weighted by atomic mass is 16.6. The third kappa shape index (κ3) is 2.32. The van der Waals surface area contributed by atoms with E-state index in [-0.39, 0.29) is 0 Å². The van der Waals surface area contributed by atoms with Gasteiger partial charge in [-0.25, -0.2) is 0 Å². The first-order chi connectivity index (χ1) is 7.42. The van der Waals surface area contributed by atoms with Crippen LogP contribution in [-0.4, -0.2) is 11.6 Å². The monoisotopic (exact) mass is 202 g/mol. The summed E-state index contributed by atoms with van der Waals surface area (Å²) in [7, 11) is 0. The quantitative estimate of drug-likeness (QED) is 0.610. The van der Waals surface area contributed by atoms with Crippen LogP contribution in [0.2, 0.25) is 0 Å². The van der Waals surface area contributed by atoms with Crippen LogP contribution < -0.4 is 5.48 Å². The molecule has 0 aliphatic rings. The van der Waals surface area contributed by atoms with Crippen molar-refractivity contribution in [2.45, 2.75) is 13.5 Å². The molecule has 0 bridgehead atoms. The van der Waals surface area contributed by atoms with E-state index in [9.17, 15) is 0 Å². The van der Waals surface area contributed by atoms with Gasteiger partial charge in [0.25, 0.3) is 0 Å². The smallest absolute Gasteiger partial charge is 0.0705 e. The van der Waals surface area contributed by atoms with E-state index in [0.29, 0.717) is 13.2 Å². The number of para-hydroxylation sites is 1. The molecule has 0 atom stereocenters. The summed E-state index contributed by atoms with van der Waals surface area (Å²) in [5.41, 5.74) is 5.14. The van der Waals surface area contributed by atoms with Crippen LogP contribution in [0.3, 0.4) is 0 Å². The van der Waals surface area contributed by atoms with E-state index in [0.717, 1.165) is 5.52 Å². The lowest BCUT2D eigenvalue weighted by molar-refractivity contribution is 0.0465. The zero-order chi connectivity index (χ0) is 10.5. The van der Waals surface area contributed by atoms with E-state index in [1.165, 1.54) is 10.9 Å². The van der Waals surface area contributed by atoms with Crippen LogP contribution in [0.25, 0.3) is 10.9 Å². The standard InChI is InChI=1S/C12H14N2O/c1-2-15-14-9-10-7-8-13-12-6-4-3-5-11(10)12/h3-8,14H,2,9H2,1H3. The van der Waals surface area contributed by atoms with Crippen molar-refractivity contribution in [3.05, 3.63) is 42.1 Å². The first-order valence-corrected chi connectivity index (χ1v) is 5.09. The van der Waals surface area contributed by atoms with Crippen LogP contribution in [0.15, 0.2) is 36.5 Å². The first kappa shape index (κ1) is 10.1. The number of hydroxylamine groups is 1. The molecular formula is C12H14N2O. The molecule has 0 saturated carbocycles. The number of benzene rings is 1. The van der Waals surface area contributed by atoms with E-state index in [1.54, 1.807) is 0 Å². The second-order valence-electron chi connectivity index (χ2n) is 3.24. The molecule has 0 saturated heterocycles. The Bertz CT molecular complexity index is 437. The Hall–Kier alpha value is -1.45. The van der Waals surface area contributed by atoms with Crippen LogP contribution in [0, 0.1) is 0 Å². The average Bonchev–Trinajstić information content (AvgIpc) is 2.30. The van der Waals surface area contributed by atoms with Gasteiger partial charge in [-0.15, -0.1) is 0 Å². The normalized spacial score (nSPS) is 10.7. The Kier molecular flexibility index (Phi) is 3.27. The second-order valence-corrected chi connectivity index (χ2v) is 3.24. The van der Waals surface area contributed by atoms with E-state index < -0.39 is 0 Å². The summed E-state index contributed by atoms with van der Waals surface area (Å²) >= 11 is 0. The molecule has 0 aliphatic heterocycles. The Morgan fingerprint density at radius 3 is 3.00 bits per heavy atom. The number of rotatable bonds is 4. The van der Waals surface area contributed by atoms with Gasteiger partial charge in [0.15, 0.2) is 0 Å². The van der Waals surface area contributed by atoms with Gasteiger partial charge < -0.3 is 4.84 Å². The van der Waals surface area contributed by atoms with Crippen molar-refractivity contribution < 1.29 is 4.84 Å². The molecule has 2 rings (SSSR count). The maximum absolute atomic E-state index is 5.12. The Balaban J connectivity index is 2.26. The van der Waals surface area contributed by atoms with Gasteiger partial charge in [0.2, 0.25) is 0 Å². The summed E-state index contributed by atoms with van der Waals surface area (Å²) in [6.07, 6.45) is 1.82. The van der Waals surface area contributed by atoms with Crippen molar-refractivity contribution in [2.24, 2.45) is 0 Å². The van der Waals surface area contributed by atoms with E-state index >= 15 is 0 Å². The van der Waals surface area contributed by atoms with Gasteiger partial charge in [-0.1, -0.05) is 18.2 Å². The fourth-order valence-electron chi connectivity index (χ4n) is 1.54. The Labute approximate surface area is 89.0 Å². The Morgan fingerprint density at radius 1 is 1.27 bits per heavy atom. The summed E-state index contributed by atoms with van der Waals surface area (Å²) in [6.45, 7) is 3.33. The van der Waals surface area contributed by atoms with Gasteiger partial charge in [-0.2, -0.15) is 5.48 Å². The summed E-state index contributed by atoms with van der Waals surface area (Å²) in [4.78, 5) is 9.42. The van der Waals surface area contributed by atoms with E-state index in [2.05, 4.69) is 16.5 Å². The number of hydrogen-bond acceptors (Lipinski definition) is 3. The molecule has 0 spiro atoms. The number of fused-ring (bicyclic) bond motifs is 1. The minimum Gasteiger partial charge on any atom is -0.302 e. The number of nitrogens with one attached hydrogen (secondary N) is 1. The zero-order valence-corrected chi connectivity index (χ0v) is 8.73.